The minimum atomic E-state index is 0. The Morgan fingerprint density at radius 3 is 2.60 bits per heavy atom. The van der Waals surface area contributed by atoms with Gasteiger partial charge in [0.15, 0.2) is 0 Å². The fraction of sp³-hybridized carbons (Fsp3) is 0. The van der Waals surface area contributed by atoms with Crippen LogP contribution in [0.1, 0.15) is 8.42 Å². The molecule has 0 aromatic heterocycles. The van der Waals surface area contributed by atoms with Crippen molar-refractivity contribution in [2.75, 3.05) is 11.5 Å². The van der Waals surface area contributed by atoms with Gasteiger partial charge in [-0.1, -0.05) is 12.7 Å². The number of hydrogen-bond acceptors (Lipinski definition) is 2. The predicted molar refractivity (Wildman–Crippen MR) is 49.6 cm³/mol. The van der Waals surface area contributed by atoms with Crippen molar-refractivity contribution in [1.29, 1.82) is 0 Å². The van der Waals surface area contributed by atoms with Gasteiger partial charge >= 0.3 is 0 Å². The molecule has 0 bridgehead atoms. The molecule has 0 atom stereocenters. The van der Waals surface area contributed by atoms with Gasteiger partial charge in [0.1, 0.15) is 0 Å². The lowest BCUT2D eigenvalue weighted by atomic mass is 10.1. The monoisotopic (exact) mass is 138 g/mol. The van der Waals surface area contributed by atoms with Crippen molar-refractivity contribution in [3.8, 4) is 0 Å². The van der Waals surface area contributed by atoms with Crippen LogP contribution in [0.4, 0.5) is 11.4 Å². The van der Waals surface area contributed by atoms with E-state index in [1.807, 2.05) is 0 Å². The zero-order valence-electron chi connectivity index (χ0n) is 5.67. The summed E-state index contributed by atoms with van der Waals surface area (Å²) in [6.07, 6.45) is 1.69. The number of rotatable bonds is 1. The maximum Gasteiger partial charge on any atom is 0.0388 e. The molecular weight excluding hydrogens is 124 g/mol. The Bertz CT molecular complexity index is 261. The standard InChI is InChI=1S/C8H10N2.2H2/c1-2-6-5-7(9)3-4-8(6)10;;/h2-5H,1,9-10H2;2*1H. The summed E-state index contributed by atoms with van der Waals surface area (Å²) < 4.78 is 0. The van der Waals surface area contributed by atoms with Gasteiger partial charge in [0, 0.05) is 14.2 Å². The molecule has 0 heterocycles. The molecule has 0 spiro atoms. The highest BCUT2D eigenvalue weighted by Gasteiger charge is 1.92. The van der Waals surface area contributed by atoms with Crippen molar-refractivity contribution in [2.45, 2.75) is 0 Å². The molecule has 0 fully saturated rings. The number of hydrogen-bond donors (Lipinski definition) is 2. The molecule has 0 radical (unpaired) electrons. The number of nitrogens with two attached hydrogens (primary N) is 2. The fourth-order valence-electron chi connectivity index (χ4n) is 0.770. The topological polar surface area (TPSA) is 52.0 Å². The normalized spacial score (nSPS) is 9.20. The highest BCUT2D eigenvalue weighted by Crippen LogP contribution is 2.15. The van der Waals surface area contributed by atoms with Gasteiger partial charge in [0.25, 0.3) is 0 Å². The third-order valence-electron chi connectivity index (χ3n) is 1.33. The zero-order valence-corrected chi connectivity index (χ0v) is 5.67. The van der Waals surface area contributed by atoms with Crippen LogP contribution < -0.4 is 11.5 Å². The third-order valence-corrected chi connectivity index (χ3v) is 1.33. The minimum Gasteiger partial charge on any atom is -0.399 e. The summed E-state index contributed by atoms with van der Waals surface area (Å²) in [5.74, 6) is 0. The average Bonchev–Trinajstić information content (AvgIpc) is 1.94. The Kier molecular flexibility index (Phi) is 1.63. The molecule has 2 heteroatoms. The summed E-state index contributed by atoms with van der Waals surface area (Å²) in [7, 11) is 0. The molecule has 10 heavy (non-hydrogen) atoms. The van der Waals surface area contributed by atoms with Crippen molar-refractivity contribution >= 4 is 17.5 Å². The third kappa shape index (κ3) is 1.10. The largest absolute Gasteiger partial charge is 0.399 e. The lowest BCUT2D eigenvalue weighted by Gasteiger charge is -1.99. The van der Waals surface area contributed by atoms with Crippen LogP contribution in [-0.2, 0) is 0 Å². The molecular formula is C8H14N2. The van der Waals surface area contributed by atoms with E-state index < -0.39 is 0 Å². The van der Waals surface area contributed by atoms with Gasteiger partial charge in [-0.2, -0.15) is 0 Å². The Morgan fingerprint density at radius 1 is 1.40 bits per heavy atom. The number of benzene rings is 1. The first kappa shape index (κ1) is 6.68. The molecule has 1 aromatic rings. The van der Waals surface area contributed by atoms with E-state index >= 15 is 0 Å². The quantitative estimate of drug-likeness (QED) is 0.583. The smallest absolute Gasteiger partial charge is 0.0388 e. The lowest BCUT2D eigenvalue weighted by Crippen LogP contribution is -1.91. The van der Waals surface area contributed by atoms with Crippen molar-refractivity contribution < 1.29 is 2.85 Å². The molecule has 0 amide bonds. The van der Waals surface area contributed by atoms with Gasteiger partial charge in [-0.25, -0.2) is 0 Å². The molecule has 0 aliphatic rings. The second-order valence-corrected chi connectivity index (χ2v) is 2.09. The summed E-state index contributed by atoms with van der Waals surface area (Å²) in [4.78, 5) is 0. The summed E-state index contributed by atoms with van der Waals surface area (Å²) in [6.45, 7) is 3.60. The van der Waals surface area contributed by atoms with Crippen LogP contribution in [0, 0.1) is 0 Å². The predicted octanol–water partition coefficient (Wildman–Crippen LogP) is 1.99. The van der Waals surface area contributed by atoms with Crippen LogP contribution in [0.5, 0.6) is 0 Å². The summed E-state index contributed by atoms with van der Waals surface area (Å²) >= 11 is 0. The first-order chi connectivity index (χ1) is 4.74. The molecule has 0 saturated heterocycles. The number of nitrogen functional groups attached to an aromatic ring is 2. The summed E-state index contributed by atoms with van der Waals surface area (Å²) in [5, 5.41) is 0. The van der Waals surface area contributed by atoms with Crippen molar-refractivity contribution in [1.82, 2.24) is 0 Å². The van der Waals surface area contributed by atoms with Crippen molar-refractivity contribution in [3.63, 3.8) is 0 Å². The molecule has 0 aliphatic heterocycles. The average molecular weight is 138 g/mol. The second-order valence-electron chi connectivity index (χ2n) is 2.09. The van der Waals surface area contributed by atoms with Gasteiger partial charge < -0.3 is 11.5 Å². The van der Waals surface area contributed by atoms with E-state index in [1.165, 1.54) is 0 Å². The molecule has 0 saturated carbocycles. The number of anilines is 2. The summed E-state index contributed by atoms with van der Waals surface area (Å²) in [6, 6.07) is 5.33. The molecule has 2 nitrogen and oxygen atoms in total. The Morgan fingerprint density at radius 2 is 2.10 bits per heavy atom. The minimum absolute atomic E-state index is 0. The van der Waals surface area contributed by atoms with Crippen LogP contribution in [0.3, 0.4) is 0 Å². The lowest BCUT2D eigenvalue weighted by molar-refractivity contribution is 1.63. The fourth-order valence-corrected chi connectivity index (χ4v) is 0.770. The van der Waals surface area contributed by atoms with Gasteiger partial charge in [-0.3, -0.25) is 0 Å². The van der Waals surface area contributed by atoms with E-state index in [0.717, 1.165) is 5.56 Å². The highest BCUT2D eigenvalue weighted by molar-refractivity contribution is 5.67. The molecule has 1 aromatic carbocycles. The van der Waals surface area contributed by atoms with E-state index in [0.29, 0.717) is 11.4 Å². The van der Waals surface area contributed by atoms with E-state index in [1.54, 1.807) is 24.3 Å². The van der Waals surface area contributed by atoms with E-state index in [-0.39, 0.29) is 2.85 Å². The van der Waals surface area contributed by atoms with E-state index in [4.69, 9.17) is 11.5 Å². The van der Waals surface area contributed by atoms with Crippen LogP contribution in [-0.4, -0.2) is 0 Å². The molecule has 0 unspecified atom stereocenters. The van der Waals surface area contributed by atoms with E-state index in [9.17, 15) is 0 Å². The Balaban J connectivity index is 0. The zero-order chi connectivity index (χ0) is 7.56. The van der Waals surface area contributed by atoms with Gasteiger partial charge in [0.2, 0.25) is 0 Å². The van der Waals surface area contributed by atoms with Crippen LogP contribution in [0.25, 0.3) is 6.08 Å². The molecule has 1 rings (SSSR count). The van der Waals surface area contributed by atoms with E-state index in [2.05, 4.69) is 6.58 Å². The van der Waals surface area contributed by atoms with Crippen LogP contribution >= 0.6 is 0 Å². The van der Waals surface area contributed by atoms with Gasteiger partial charge in [-0.15, -0.1) is 0 Å². The van der Waals surface area contributed by atoms with Crippen LogP contribution in [0.15, 0.2) is 24.8 Å². The molecule has 4 N–H and O–H groups in total. The molecule has 0 aliphatic carbocycles. The Hall–Kier alpha value is -1.44. The second kappa shape index (κ2) is 2.43. The van der Waals surface area contributed by atoms with Crippen LogP contribution in [0.2, 0.25) is 0 Å². The maximum absolute atomic E-state index is 5.57. The molecule has 56 valence electrons. The van der Waals surface area contributed by atoms with Gasteiger partial charge in [-0.05, 0) is 23.8 Å². The first-order valence-corrected chi connectivity index (χ1v) is 3.01. The highest BCUT2D eigenvalue weighted by atomic mass is 14.6. The van der Waals surface area contributed by atoms with Crippen molar-refractivity contribution in [2.24, 2.45) is 0 Å². The van der Waals surface area contributed by atoms with Gasteiger partial charge in [0.05, 0.1) is 0 Å². The van der Waals surface area contributed by atoms with Crippen molar-refractivity contribution in [3.05, 3.63) is 30.3 Å². The maximum atomic E-state index is 5.57. The first-order valence-electron chi connectivity index (χ1n) is 3.01. The SMILES string of the molecule is C=Cc1cc(N)ccc1N.[HH].[HH]. The Labute approximate surface area is 63.1 Å². The summed E-state index contributed by atoms with van der Waals surface area (Å²) in [5.41, 5.74) is 13.4.